The predicted octanol–water partition coefficient (Wildman–Crippen LogP) is 2.34. The number of benzene rings is 2. The number of nitrogens with two attached hydrogens (primary N) is 1. The predicted molar refractivity (Wildman–Crippen MR) is 103 cm³/mol. The zero-order chi connectivity index (χ0) is 19.5. The third-order valence-electron chi connectivity index (χ3n) is 4.83. The molecule has 28 heavy (non-hydrogen) atoms. The van der Waals surface area contributed by atoms with E-state index in [0.717, 1.165) is 12.1 Å². The quantitative estimate of drug-likeness (QED) is 0.849. The number of fused-ring (bicyclic) bond motifs is 1. The van der Waals surface area contributed by atoms with Gasteiger partial charge in [-0.25, -0.2) is 0 Å². The summed E-state index contributed by atoms with van der Waals surface area (Å²) in [7, 11) is 0. The number of carbonyl (C=O) groups is 1. The second-order valence-corrected chi connectivity index (χ2v) is 6.80. The smallest absolute Gasteiger partial charge is 0.253 e. The van der Waals surface area contributed by atoms with E-state index < -0.39 is 0 Å². The van der Waals surface area contributed by atoms with Gasteiger partial charge in [0.05, 0.1) is 11.6 Å². The number of hydrogen-bond acceptors (Lipinski definition) is 6. The molecule has 7 heteroatoms. The molecule has 0 aromatic heterocycles. The van der Waals surface area contributed by atoms with E-state index in [1.807, 2.05) is 18.2 Å². The second kappa shape index (κ2) is 7.62. The molecular weight excluding hydrogens is 356 g/mol. The van der Waals surface area contributed by atoms with Crippen LogP contribution in [0.5, 0.6) is 11.5 Å². The Morgan fingerprint density at radius 3 is 2.89 bits per heavy atom. The van der Waals surface area contributed by atoms with E-state index in [-0.39, 0.29) is 12.7 Å². The number of rotatable bonds is 4. The van der Waals surface area contributed by atoms with Gasteiger partial charge in [0.15, 0.2) is 11.5 Å². The molecular formula is C21H20N4O3. The van der Waals surface area contributed by atoms with Crippen molar-refractivity contribution in [1.29, 1.82) is 5.26 Å². The van der Waals surface area contributed by atoms with Crippen molar-refractivity contribution in [3.8, 4) is 17.6 Å². The van der Waals surface area contributed by atoms with Gasteiger partial charge in [-0.3, -0.25) is 9.69 Å². The first-order valence-electron chi connectivity index (χ1n) is 9.02. The summed E-state index contributed by atoms with van der Waals surface area (Å²) in [5.41, 5.74) is 9.73. The fourth-order valence-corrected chi connectivity index (χ4v) is 3.42. The zero-order valence-electron chi connectivity index (χ0n) is 15.3. The normalized spacial score (nSPS) is 16.0. The monoisotopic (exact) mass is 376 g/mol. The molecule has 7 nitrogen and oxygen atoms in total. The molecule has 0 radical (unpaired) electrons. The molecule has 0 aliphatic carbocycles. The Hall–Kier alpha value is -3.50. The summed E-state index contributed by atoms with van der Waals surface area (Å²) in [4.78, 5) is 14.8. The molecule has 142 valence electrons. The van der Waals surface area contributed by atoms with Gasteiger partial charge in [0, 0.05) is 42.7 Å². The minimum Gasteiger partial charge on any atom is -0.454 e. The standard InChI is InChI=1S/C21H20N4O3/c22-10-14-2-1-3-15(8-14)11-25-7-6-17(18(23)12-25)21(26)24-16-4-5-19-20(9-16)28-13-27-19/h1-5,8-9H,6-7,11-13,23H2,(H,24,26). The van der Waals surface area contributed by atoms with Gasteiger partial charge in [0.1, 0.15) is 0 Å². The fraction of sp³-hybridized carbons (Fsp3) is 0.238. The lowest BCUT2D eigenvalue weighted by atomic mass is 10.0. The molecule has 2 heterocycles. The van der Waals surface area contributed by atoms with Crippen LogP contribution in [0.25, 0.3) is 0 Å². The number of anilines is 1. The number of nitrogens with zero attached hydrogens (tertiary/aromatic N) is 2. The van der Waals surface area contributed by atoms with E-state index in [1.54, 1.807) is 24.3 Å². The van der Waals surface area contributed by atoms with Crippen LogP contribution in [0.3, 0.4) is 0 Å². The van der Waals surface area contributed by atoms with Crippen LogP contribution in [0.1, 0.15) is 17.5 Å². The van der Waals surface area contributed by atoms with Crippen molar-refractivity contribution < 1.29 is 14.3 Å². The largest absolute Gasteiger partial charge is 0.454 e. The Kier molecular flexibility index (Phi) is 4.87. The van der Waals surface area contributed by atoms with Crippen LogP contribution in [-0.2, 0) is 11.3 Å². The van der Waals surface area contributed by atoms with Gasteiger partial charge in [-0.2, -0.15) is 5.26 Å². The third-order valence-corrected chi connectivity index (χ3v) is 4.83. The topological polar surface area (TPSA) is 101 Å². The summed E-state index contributed by atoms with van der Waals surface area (Å²) in [5.74, 6) is 1.10. The van der Waals surface area contributed by atoms with Crippen LogP contribution >= 0.6 is 0 Å². The van der Waals surface area contributed by atoms with Crippen LogP contribution in [0.15, 0.2) is 53.7 Å². The fourth-order valence-electron chi connectivity index (χ4n) is 3.42. The SMILES string of the molecule is N#Cc1cccc(CN2CCC(C(=O)Nc3ccc4c(c3)OCO4)=C(N)C2)c1. The average molecular weight is 376 g/mol. The molecule has 2 aromatic rings. The van der Waals surface area contributed by atoms with E-state index in [1.165, 1.54) is 0 Å². The zero-order valence-corrected chi connectivity index (χ0v) is 15.3. The Labute approximate surface area is 163 Å². The summed E-state index contributed by atoms with van der Waals surface area (Å²) >= 11 is 0. The maximum absolute atomic E-state index is 12.7. The Balaban J connectivity index is 1.41. The van der Waals surface area contributed by atoms with Gasteiger partial charge in [0.25, 0.3) is 5.91 Å². The third kappa shape index (κ3) is 3.77. The minimum atomic E-state index is -0.192. The Morgan fingerprint density at radius 2 is 2.07 bits per heavy atom. The van der Waals surface area contributed by atoms with Crippen molar-refractivity contribution in [2.24, 2.45) is 5.73 Å². The van der Waals surface area contributed by atoms with Crippen molar-refractivity contribution in [1.82, 2.24) is 4.90 Å². The first kappa shape index (κ1) is 17.9. The van der Waals surface area contributed by atoms with Crippen molar-refractivity contribution >= 4 is 11.6 Å². The number of ether oxygens (including phenoxy) is 2. The molecule has 0 unspecified atom stereocenters. The lowest BCUT2D eigenvalue weighted by Gasteiger charge is -2.28. The molecule has 0 bridgehead atoms. The van der Waals surface area contributed by atoms with Gasteiger partial charge < -0.3 is 20.5 Å². The second-order valence-electron chi connectivity index (χ2n) is 6.80. The van der Waals surface area contributed by atoms with E-state index in [9.17, 15) is 4.79 Å². The number of nitriles is 1. The molecule has 0 saturated heterocycles. The summed E-state index contributed by atoms with van der Waals surface area (Å²) in [6.07, 6.45) is 0.570. The molecule has 2 aliphatic rings. The van der Waals surface area contributed by atoms with Crippen LogP contribution < -0.4 is 20.5 Å². The maximum Gasteiger partial charge on any atom is 0.253 e. The first-order valence-corrected chi connectivity index (χ1v) is 9.02. The molecule has 4 rings (SSSR count). The van der Waals surface area contributed by atoms with Gasteiger partial charge in [-0.15, -0.1) is 0 Å². The van der Waals surface area contributed by atoms with Gasteiger partial charge in [-0.1, -0.05) is 12.1 Å². The number of nitrogens with one attached hydrogen (secondary N) is 1. The number of amides is 1. The highest BCUT2D eigenvalue weighted by atomic mass is 16.7. The Bertz CT molecular complexity index is 993. The van der Waals surface area contributed by atoms with Crippen molar-refractivity contribution in [3.05, 3.63) is 64.9 Å². The Morgan fingerprint density at radius 1 is 1.21 bits per heavy atom. The van der Waals surface area contributed by atoms with E-state index in [0.29, 0.717) is 53.5 Å². The molecule has 2 aromatic carbocycles. The highest BCUT2D eigenvalue weighted by Gasteiger charge is 2.23. The van der Waals surface area contributed by atoms with Crippen LogP contribution in [0, 0.1) is 11.3 Å². The van der Waals surface area contributed by atoms with Gasteiger partial charge >= 0.3 is 0 Å². The lowest BCUT2D eigenvalue weighted by Crippen LogP contribution is -2.36. The number of carbonyl (C=O) groups excluding carboxylic acids is 1. The summed E-state index contributed by atoms with van der Waals surface area (Å²) in [5, 5.41) is 11.9. The average Bonchev–Trinajstić information content (AvgIpc) is 3.16. The molecule has 0 spiro atoms. The molecule has 1 amide bonds. The minimum absolute atomic E-state index is 0.192. The van der Waals surface area contributed by atoms with Crippen LogP contribution in [0.2, 0.25) is 0 Å². The van der Waals surface area contributed by atoms with Crippen molar-refractivity contribution in [3.63, 3.8) is 0 Å². The van der Waals surface area contributed by atoms with Crippen LogP contribution in [0.4, 0.5) is 5.69 Å². The molecule has 0 saturated carbocycles. The van der Waals surface area contributed by atoms with E-state index in [2.05, 4.69) is 16.3 Å². The van der Waals surface area contributed by atoms with E-state index >= 15 is 0 Å². The van der Waals surface area contributed by atoms with Crippen molar-refractivity contribution in [2.45, 2.75) is 13.0 Å². The first-order chi connectivity index (χ1) is 13.6. The van der Waals surface area contributed by atoms with Crippen molar-refractivity contribution in [2.75, 3.05) is 25.2 Å². The summed E-state index contributed by atoms with van der Waals surface area (Å²) < 4.78 is 10.6. The molecule has 0 atom stereocenters. The molecule has 3 N–H and O–H groups in total. The summed E-state index contributed by atoms with van der Waals surface area (Å²) in [6, 6.07) is 15.0. The summed E-state index contributed by atoms with van der Waals surface area (Å²) in [6.45, 7) is 2.12. The highest BCUT2D eigenvalue weighted by Crippen LogP contribution is 2.34. The molecule has 2 aliphatic heterocycles. The van der Waals surface area contributed by atoms with Gasteiger partial charge in [-0.05, 0) is 36.2 Å². The van der Waals surface area contributed by atoms with Gasteiger partial charge in [0.2, 0.25) is 6.79 Å². The maximum atomic E-state index is 12.7. The highest BCUT2D eigenvalue weighted by molar-refractivity contribution is 6.04. The number of hydrogen-bond donors (Lipinski definition) is 2. The van der Waals surface area contributed by atoms with E-state index in [4.69, 9.17) is 20.5 Å². The lowest BCUT2D eigenvalue weighted by molar-refractivity contribution is -0.113. The molecule has 0 fully saturated rings. The van der Waals surface area contributed by atoms with Crippen LogP contribution in [-0.4, -0.2) is 30.7 Å².